The Morgan fingerprint density at radius 3 is 2.25 bits per heavy atom. The van der Waals surface area contributed by atoms with Crippen LogP contribution in [0.15, 0.2) is 18.2 Å². The topological polar surface area (TPSA) is 29.1 Å². The van der Waals surface area contributed by atoms with E-state index in [1.165, 1.54) is 0 Å². The van der Waals surface area contributed by atoms with Crippen LogP contribution in [0, 0.1) is 5.41 Å². The van der Waals surface area contributed by atoms with Crippen molar-refractivity contribution in [3.8, 4) is 0 Å². The number of benzene rings is 1. The molecule has 2 nitrogen and oxygen atoms in total. The highest BCUT2D eigenvalue weighted by Crippen LogP contribution is 2.31. The Morgan fingerprint density at radius 1 is 1.31 bits per heavy atom. The second kappa shape index (κ2) is 5.26. The van der Waals surface area contributed by atoms with Gasteiger partial charge in [0.15, 0.2) is 0 Å². The number of alkyl halides is 1. The van der Waals surface area contributed by atoms with Crippen LogP contribution < -0.4 is 5.32 Å². The summed E-state index contributed by atoms with van der Waals surface area (Å²) < 4.78 is 0. The number of rotatable bonds is 3. The molecule has 0 aromatic heterocycles. The molecule has 0 spiro atoms. The molecule has 0 saturated carbocycles. The van der Waals surface area contributed by atoms with Gasteiger partial charge in [-0.05, 0) is 26.0 Å². The summed E-state index contributed by atoms with van der Waals surface area (Å²) in [5.74, 6) is 0.0125. The summed E-state index contributed by atoms with van der Waals surface area (Å²) in [5, 5.41) is 3.50. The van der Waals surface area contributed by atoms with E-state index in [9.17, 15) is 4.79 Å². The highest BCUT2D eigenvalue weighted by atomic mass is 35.5. The quantitative estimate of drug-likeness (QED) is 0.826. The monoisotopic (exact) mass is 279 g/mol. The molecule has 0 heterocycles. The largest absolute Gasteiger partial charge is 0.323 e. The van der Waals surface area contributed by atoms with E-state index in [0.29, 0.717) is 15.7 Å². The van der Waals surface area contributed by atoms with E-state index in [4.69, 9.17) is 34.8 Å². The van der Waals surface area contributed by atoms with Gasteiger partial charge in [0, 0.05) is 5.88 Å². The van der Waals surface area contributed by atoms with Gasteiger partial charge in [-0.1, -0.05) is 29.3 Å². The maximum Gasteiger partial charge on any atom is 0.231 e. The number of hydrogen-bond acceptors (Lipinski definition) is 1. The van der Waals surface area contributed by atoms with Crippen LogP contribution in [0.5, 0.6) is 0 Å². The first-order valence-corrected chi connectivity index (χ1v) is 5.99. The molecule has 0 unspecified atom stereocenters. The van der Waals surface area contributed by atoms with Gasteiger partial charge in [0.05, 0.1) is 21.1 Å². The maximum absolute atomic E-state index is 11.9. The Hall–Kier alpha value is -0.440. The van der Waals surface area contributed by atoms with Crippen molar-refractivity contribution in [3.63, 3.8) is 0 Å². The van der Waals surface area contributed by atoms with E-state index in [-0.39, 0.29) is 11.8 Å². The molecular formula is C11H12Cl3NO. The van der Waals surface area contributed by atoms with Crippen molar-refractivity contribution >= 4 is 46.4 Å². The molecule has 0 aliphatic rings. The number of para-hydroxylation sites is 1. The van der Waals surface area contributed by atoms with Crippen LogP contribution in [0.25, 0.3) is 0 Å². The molecular weight excluding hydrogens is 268 g/mol. The minimum Gasteiger partial charge on any atom is -0.323 e. The Balaban J connectivity index is 2.94. The van der Waals surface area contributed by atoms with Crippen LogP contribution >= 0.6 is 34.8 Å². The highest BCUT2D eigenvalue weighted by molar-refractivity contribution is 6.39. The van der Waals surface area contributed by atoms with Crippen molar-refractivity contribution < 1.29 is 4.79 Å². The molecule has 5 heteroatoms. The van der Waals surface area contributed by atoms with Gasteiger partial charge in [-0.15, -0.1) is 11.6 Å². The summed E-state index contributed by atoms with van der Waals surface area (Å²) in [5.41, 5.74) is -0.238. The number of halogens is 3. The molecule has 0 aliphatic carbocycles. The Labute approximate surface area is 110 Å². The molecule has 0 saturated heterocycles. The van der Waals surface area contributed by atoms with Crippen LogP contribution in [-0.2, 0) is 4.79 Å². The molecule has 0 bridgehead atoms. The first-order valence-electron chi connectivity index (χ1n) is 4.70. The van der Waals surface area contributed by atoms with Gasteiger partial charge >= 0.3 is 0 Å². The molecule has 1 amide bonds. The number of carbonyl (C=O) groups is 1. The number of amides is 1. The Bertz CT molecular complexity index is 384. The van der Waals surface area contributed by atoms with Gasteiger partial charge in [0.1, 0.15) is 0 Å². The average Bonchev–Trinajstić information content (AvgIpc) is 2.23. The van der Waals surface area contributed by atoms with Crippen molar-refractivity contribution in [2.75, 3.05) is 11.2 Å². The van der Waals surface area contributed by atoms with E-state index in [2.05, 4.69) is 5.32 Å². The van der Waals surface area contributed by atoms with E-state index in [0.717, 1.165) is 0 Å². The highest BCUT2D eigenvalue weighted by Gasteiger charge is 2.27. The standard InChI is InChI=1S/C11H12Cl3NO/c1-11(2,6-12)10(16)15-9-7(13)4-3-5-8(9)14/h3-5H,6H2,1-2H3,(H,15,16). The summed E-state index contributed by atoms with van der Waals surface area (Å²) >= 11 is 17.6. The normalized spacial score (nSPS) is 11.3. The molecule has 16 heavy (non-hydrogen) atoms. The van der Waals surface area contributed by atoms with E-state index in [1.54, 1.807) is 32.0 Å². The number of anilines is 1. The van der Waals surface area contributed by atoms with Gasteiger partial charge in [-0.3, -0.25) is 4.79 Å². The zero-order chi connectivity index (χ0) is 12.3. The van der Waals surface area contributed by atoms with Gasteiger partial charge in [0.25, 0.3) is 0 Å². The molecule has 0 aliphatic heterocycles. The third-order valence-corrected chi connectivity index (χ3v) is 3.45. The Kier molecular flexibility index (Phi) is 4.48. The lowest BCUT2D eigenvalue weighted by molar-refractivity contribution is -0.122. The summed E-state index contributed by atoms with van der Waals surface area (Å²) in [4.78, 5) is 11.9. The van der Waals surface area contributed by atoms with Crippen molar-refractivity contribution in [2.24, 2.45) is 5.41 Å². The fourth-order valence-corrected chi connectivity index (χ4v) is 1.57. The molecule has 1 aromatic rings. The fourth-order valence-electron chi connectivity index (χ4n) is 0.961. The summed E-state index contributed by atoms with van der Waals surface area (Å²) in [6.07, 6.45) is 0. The molecule has 1 rings (SSSR count). The number of nitrogens with one attached hydrogen (secondary N) is 1. The third-order valence-electron chi connectivity index (χ3n) is 2.15. The third kappa shape index (κ3) is 3.03. The lowest BCUT2D eigenvalue weighted by atomic mass is 9.95. The lowest BCUT2D eigenvalue weighted by Gasteiger charge is -2.21. The minimum atomic E-state index is -0.663. The lowest BCUT2D eigenvalue weighted by Crippen LogP contribution is -2.32. The minimum absolute atomic E-state index is 0.211. The van der Waals surface area contributed by atoms with Gasteiger partial charge in [-0.25, -0.2) is 0 Å². The van der Waals surface area contributed by atoms with E-state index in [1.807, 2.05) is 0 Å². The molecule has 88 valence electrons. The van der Waals surface area contributed by atoms with Crippen LogP contribution in [0.1, 0.15) is 13.8 Å². The molecule has 0 atom stereocenters. The van der Waals surface area contributed by atoms with Gasteiger partial charge in [0.2, 0.25) is 5.91 Å². The first kappa shape index (κ1) is 13.6. The van der Waals surface area contributed by atoms with E-state index >= 15 is 0 Å². The van der Waals surface area contributed by atoms with Crippen LogP contribution in [0.3, 0.4) is 0 Å². The zero-order valence-electron chi connectivity index (χ0n) is 8.98. The molecule has 0 radical (unpaired) electrons. The van der Waals surface area contributed by atoms with Crippen LogP contribution in [-0.4, -0.2) is 11.8 Å². The van der Waals surface area contributed by atoms with Crippen molar-refractivity contribution in [2.45, 2.75) is 13.8 Å². The van der Waals surface area contributed by atoms with Crippen LogP contribution in [0.2, 0.25) is 10.0 Å². The zero-order valence-corrected chi connectivity index (χ0v) is 11.2. The second-order valence-corrected chi connectivity index (χ2v) is 5.15. The molecule has 1 aromatic carbocycles. The van der Waals surface area contributed by atoms with Gasteiger partial charge in [-0.2, -0.15) is 0 Å². The number of carbonyl (C=O) groups excluding carboxylic acids is 1. The summed E-state index contributed by atoms with van der Waals surface area (Å²) in [6, 6.07) is 5.04. The Morgan fingerprint density at radius 2 is 1.81 bits per heavy atom. The van der Waals surface area contributed by atoms with Crippen LogP contribution in [0.4, 0.5) is 5.69 Å². The second-order valence-electron chi connectivity index (χ2n) is 4.07. The fraction of sp³-hybridized carbons (Fsp3) is 0.364. The number of hydrogen-bond donors (Lipinski definition) is 1. The first-order chi connectivity index (χ1) is 7.38. The van der Waals surface area contributed by atoms with Crippen molar-refractivity contribution in [1.82, 2.24) is 0 Å². The smallest absolute Gasteiger partial charge is 0.231 e. The molecule has 0 fully saturated rings. The SMILES string of the molecule is CC(C)(CCl)C(=O)Nc1c(Cl)cccc1Cl. The predicted molar refractivity (Wildman–Crippen MR) is 69.6 cm³/mol. The average molecular weight is 281 g/mol. The summed E-state index contributed by atoms with van der Waals surface area (Å²) in [6.45, 7) is 3.50. The summed E-state index contributed by atoms with van der Waals surface area (Å²) in [7, 11) is 0. The van der Waals surface area contributed by atoms with E-state index < -0.39 is 5.41 Å². The van der Waals surface area contributed by atoms with Gasteiger partial charge < -0.3 is 5.32 Å². The maximum atomic E-state index is 11.9. The van der Waals surface area contributed by atoms with Crippen molar-refractivity contribution in [1.29, 1.82) is 0 Å². The predicted octanol–water partition coefficient (Wildman–Crippen LogP) is 4.20. The molecule has 1 N–H and O–H groups in total. The van der Waals surface area contributed by atoms with Crippen molar-refractivity contribution in [3.05, 3.63) is 28.2 Å².